The molecule has 1 aromatic carbocycles. The minimum Gasteiger partial charge on any atom is -0.491 e. The van der Waals surface area contributed by atoms with Crippen molar-refractivity contribution in [3.8, 4) is 11.5 Å². The standard InChI is InChI=1S/C28H32N2O6S4/c1-2-22-4-3-21(1)35-15-13-33-11-9-31-7-5-29-17-23-24(18-29)38-27(37-23)28-39-25-19-30(20-26(25)40-28)6-8-32-10-12-34-14-16-36-22/h1-4,17-20H,5-16H2. The van der Waals surface area contributed by atoms with E-state index in [2.05, 4.69) is 33.9 Å². The molecule has 8 nitrogen and oxygen atoms in total. The fourth-order valence-electron chi connectivity index (χ4n) is 4.16. The zero-order valence-electron chi connectivity index (χ0n) is 22.1. The van der Waals surface area contributed by atoms with Crippen molar-refractivity contribution >= 4 is 47.0 Å². The summed E-state index contributed by atoms with van der Waals surface area (Å²) in [6.07, 6.45) is 8.93. The predicted octanol–water partition coefficient (Wildman–Crippen LogP) is 6.05. The van der Waals surface area contributed by atoms with E-state index in [0.29, 0.717) is 66.1 Å². The Kier molecular flexibility index (Phi) is 10.3. The third-order valence-corrected chi connectivity index (χ3v) is 11.7. The van der Waals surface area contributed by atoms with Crippen LogP contribution in [0.25, 0.3) is 0 Å². The van der Waals surface area contributed by atoms with E-state index in [1.54, 1.807) is 0 Å². The van der Waals surface area contributed by atoms with Crippen molar-refractivity contribution in [3.05, 3.63) is 57.5 Å². The highest BCUT2D eigenvalue weighted by molar-refractivity contribution is 8.30. The Balaban J connectivity index is 1.01. The number of hydrogen-bond donors (Lipinski definition) is 0. The largest absolute Gasteiger partial charge is 0.491 e. The third-order valence-electron chi connectivity index (χ3n) is 6.14. The molecule has 0 atom stereocenters. The first-order chi connectivity index (χ1) is 19.8. The average Bonchev–Trinajstić information content (AvgIpc) is 3.71. The summed E-state index contributed by atoms with van der Waals surface area (Å²) >= 11 is 7.50. The number of aromatic nitrogens is 2. The molecule has 0 radical (unpaired) electrons. The summed E-state index contributed by atoms with van der Waals surface area (Å²) in [7, 11) is 0. The maximum absolute atomic E-state index is 5.77. The first-order valence-electron chi connectivity index (χ1n) is 13.3. The molecule has 40 heavy (non-hydrogen) atoms. The highest BCUT2D eigenvalue weighted by Crippen LogP contribution is 2.61. The van der Waals surface area contributed by atoms with Crippen LogP contribution in [-0.4, -0.2) is 75.2 Å². The summed E-state index contributed by atoms with van der Waals surface area (Å²) in [6, 6.07) is 7.60. The Morgan fingerprint density at radius 3 is 1.12 bits per heavy atom. The van der Waals surface area contributed by atoms with E-state index in [9.17, 15) is 0 Å². The minimum absolute atomic E-state index is 0.489. The zero-order chi connectivity index (χ0) is 27.0. The first kappa shape index (κ1) is 28.5. The van der Waals surface area contributed by atoms with Gasteiger partial charge in [-0.15, -0.1) is 0 Å². The lowest BCUT2D eigenvalue weighted by atomic mass is 10.3. The number of benzene rings is 1. The lowest BCUT2D eigenvalue weighted by molar-refractivity contribution is 0.0336. The van der Waals surface area contributed by atoms with Crippen molar-refractivity contribution in [2.24, 2.45) is 0 Å². The molecule has 0 saturated heterocycles. The molecular weight excluding hydrogens is 589 g/mol. The molecule has 0 unspecified atom stereocenters. The van der Waals surface area contributed by atoms with E-state index in [0.717, 1.165) is 24.6 Å². The molecule has 0 spiro atoms. The van der Waals surface area contributed by atoms with Gasteiger partial charge < -0.3 is 37.6 Å². The Labute approximate surface area is 251 Å². The fourth-order valence-corrected chi connectivity index (χ4v) is 9.57. The summed E-state index contributed by atoms with van der Waals surface area (Å²) in [5.74, 6) is 1.58. The lowest BCUT2D eigenvalue weighted by Crippen LogP contribution is -2.13. The molecule has 10 bridgehead atoms. The minimum atomic E-state index is 0.489. The summed E-state index contributed by atoms with van der Waals surface area (Å²) in [4.78, 5) is 5.31. The summed E-state index contributed by atoms with van der Waals surface area (Å²) < 4.78 is 41.5. The number of rotatable bonds is 0. The van der Waals surface area contributed by atoms with Gasteiger partial charge in [0.15, 0.2) is 0 Å². The van der Waals surface area contributed by atoms with Crippen molar-refractivity contribution in [1.82, 2.24) is 9.13 Å². The molecule has 8 aliphatic rings. The second kappa shape index (κ2) is 14.5. The van der Waals surface area contributed by atoms with Gasteiger partial charge in [0.2, 0.25) is 0 Å². The monoisotopic (exact) mass is 620 g/mol. The van der Waals surface area contributed by atoms with Crippen LogP contribution >= 0.6 is 47.0 Å². The van der Waals surface area contributed by atoms with Gasteiger partial charge >= 0.3 is 0 Å². The summed E-state index contributed by atoms with van der Waals surface area (Å²) in [5.41, 5.74) is 0. The van der Waals surface area contributed by atoms with Crippen molar-refractivity contribution in [2.75, 3.05) is 66.1 Å². The average molecular weight is 621 g/mol. The van der Waals surface area contributed by atoms with Crippen LogP contribution < -0.4 is 9.47 Å². The van der Waals surface area contributed by atoms with Crippen LogP contribution in [0.2, 0.25) is 0 Å². The van der Waals surface area contributed by atoms with Gasteiger partial charge in [0.25, 0.3) is 0 Å². The van der Waals surface area contributed by atoms with Crippen LogP contribution in [0.5, 0.6) is 11.5 Å². The Morgan fingerprint density at radius 2 is 0.750 bits per heavy atom. The molecule has 8 aliphatic heterocycles. The smallest absolute Gasteiger partial charge is 0.119 e. The first-order valence-corrected chi connectivity index (χ1v) is 16.6. The molecule has 0 aliphatic carbocycles. The lowest BCUT2D eigenvalue weighted by Gasteiger charge is -2.10. The van der Waals surface area contributed by atoms with Gasteiger partial charge in [-0.1, -0.05) is 47.0 Å². The van der Waals surface area contributed by atoms with E-state index in [1.165, 1.54) is 28.1 Å². The van der Waals surface area contributed by atoms with Crippen LogP contribution in [0.4, 0.5) is 0 Å². The fraction of sp³-hybridized carbons (Fsp3) is 0.429. The van der Waals surface area contributed by atoms with Gasteiger partial charge in [-0.25, -0.2) is 0 Å². The number of nitrogens with zero attached hydrogens (tertiary/aromatic N) is 2. The highest BCUT2D eigenvalue weighted by Gasteiger charge is 2.29. The molecule has 0 N–H and O–H groups in total. The molecule has 3 aromatic rings. The molecule has 0 fully saturated rings. The Hall–Kier alpha value is -1.64. The van der Waals surface area contributed by atoms with E-state index in [-0.39, 0.29) is 0 Å². The zero-order valence-corrected chi connectivity index (χ0v) is 25.3. The third kappa shape index (κ3) is 7.80. The van der Waals surface area contributed by atoms with Crippen LogP contribution in [-0.2, 0) is 32.0 Å². The molecular formula is C28H32N2O6S4. The molecule has 11 rings (SSSR count). The molecule has 0 saturated carbocycles. The normalized spacial score (nSPS) is 19.8. The van der Waals surface area contributed by atoms with Crippen LogP contribution in [0.1, 0.15) is 0 Å². The van der Waals surface area contributed by atoms with E-state index in [4.69, 9.17) is 28.4 Å². The second-order valence-corrected chi connectivity index (χ2v) is 13.8. The Morgan fingerprint density at radius 1 is 0.425 bits per heavy atom. The number of hydrogen-bond acceptors (Lipinski definition) is 10. The van der Waals surface area contributed by atoms with Crippen LogP contribution in [0.15, 0.2) is 77.1 Å². The van der Waals surface area contributed by atoms with Crippen molar-refractivity contribution in [2.45, 2.75) is 32.7 Å². The second-order valence-electron chi connectivity index (χ2n) is 9.05. The number of ether oxygens (including phenoxy) is 6. The highest BCUT2D eigenvalue weighted by atomic mass is 32.2. The van der Waals surface area contributed by atoms with Gasteiger partial charge in [0.1, 0.15) is 24.7 Å². The van der Waals surface area contributed by atoms with E-state index >= 15 is 0 Å². The maximum Gasteiger partial charge on any atom is 0.119 e. The molecule has 0 amide bonds. The van der Waals surface area contributed by atoms with Gasteiger partial charge in [-0.3, -0.25) is 0 Å². The van der Waals surface area contributed by atoms with Crippen molar-refractivity contribution < 1.29 is 28.4 Å². The molecule has 2 aromatic heterocycles. The maximum atomic E-state index is 5.77. The van der Waals surface area contributed by atoms with E-state index in [1.807, 2.05) is 71.3 Å². The quantitative estimate of drug-likeness (QED) is 0.297. The molecule has 12 heteroatoms. The number of thioether (sulfide) groups is 4. The van der Waals surface area contributed by atoms with Crippen molar-refractivity contribution in [1.29, 1.82) is 0 Å². The van der Waals surface area contributed by atoms with E-state index < -0.39 is 0 Å². The summed E-state index contributed by atoms with van der Waals surface area (Å²) in [5, 5.41) is 0. The van der Waals surface area contributed by atoms with Crippen LogP contribution in [0, 0.1) is 0 Å². The van der Waals surface area contributed by atoms with Crippen molar-refractivity contribution in [3.63, 3.8) is 0 Å². The molecule has 214 valence electrons. The topological polar surface area (TPSA) is 65.2 Å². The molecule has 10 heterocycles. The Bertz CT molecular complexity index is 1140. The van der Waals surface area contributed by atoms with Gasteiger partial charge in [0.05, 0.1) is 61.3 Å². The SMILES string of the molecule is c1cc2ccc1OCCOCCOCCn1cc3c(c1)SC(=C1Sc4cn(cc4S1)CCOCCOCCO2)S3. The van der Waals surface area contributed by atoms with Gasteiger partial charge in [-0.05, 0) is 24.3 Å². The van der Waals surface area contributed by atoms with Gasteiger partial charge in [-0.2, -0.15) is 0 Å². The van der Waals surface area contributed by atoms with Gasteiger partial charge in [0, 0.05) is 57.5 Å². The van der Waals surface area contributed by atoms with Crippen LogP contribution in [0.3, 0.4) is 0 Å². The predicted molar refractivity (Wildman–Crippen MR) is 160 cm³/mol. The summed E-state index contributed by atoms with van der Waals surface area (Å²) in [6.45, 7) is 7.24.